The molecule has 0 fully saturated rings. The van der Waals surface area contributed by atoms with Gasteiger partial charge in [-0.25, -0.2) is 0 Å². The average Bonchev–Trinajstić information content (AvgIpc) is 2.71. The summed E-state index contributed by atoms with van der Waals surface area (Å²) >= 11 is -0.311. The first-order valence-electron chi connectivity index (χ1n) is 10.5. The minimum atomic E-state index is -0.311. The van der Waals surface area contributed by atoms with E-state index in [1.54, 1.807) is 0 Å². The van der Waals surface area contributed by atoms with Crippen LogP contribution < -0.4 is 35.4 Å². The van der Waals surface area contributed by atoms with Gasteiger partial charge in [-0.1, -0.05) is 0 Å². The molecule has 28 heavy (non-hydrogen) atoms. The molecule has 0 N–H and O–H groups in total. The zero-order valence-electron chi connectivity index (χ0n) is 17.5. The van der Waals surface area contributed by atoms with Gasteiger partial charge >= 0.3 is 181 Å². The van der Waals surface area contributed by atoms with Gasteiger partial charge in [0.1, 0.15) is 0 Å². The third-order valence-corrected chi connectivity index (χ3v) is 7.03. The van der Waals surface area contributed by atoms with E-state index in [1.807, 2.05) is 0 Å². The van der Waals surface area contributed by atoms with Crippen LogP contribution in [-0.2, 0) is 0 Å². The minimum absolute atomic E-state index is 0.311. The number of ether oxygens (including phenoxy) is 3. The average molecular weight is 497 g/mol. The van der Waals surface area contributed by atoms with Gasteiger partial charge in [-0.3, -0.25) is 0 Å². The predicted molar refractivity (Wildman–Crippen MR) is 111 cm³/mol. The van der Waals surface area contributed by atoms with E-state index in [0.717, 1.165) is 75.6 Å². The molecule has 156 valence electrons. The molecule has 0 bridgehead atoms. The molecular formula is C24H34IO3-. The van der Waals surface area contributed by atoms with Gasteiger partial charge in [-0.05, 0) is 0 Å². The van der Waals surface area contributed by atoms with Crippen LogP contribution in [0.2, 0.25) is 0 Å². The fourth-order valence-electron chi connectivity index (χ4n) is 2.47. The van der Waals surface area contributed by atoms with Gasteiger partial charge in [0.25, 0.3) is 0 Å². The van der Waals surface area contributed by atoms with Gasteiger partial charge in [-0.15, -0.1) is 0 Å². The van der Waals surface area contributed by atoms with Crippen molar-refractivity contribution >= 4 is 0 Å². The monoisotopic (exact) mass is 497 g/mol. The first kappa shape index (κ1) is 22.9. The maximum atomic E-state index is 6.11. The summed E-state index contributed by atoms with van der Waals surface area (Å²) in [6, 6.07) is 14.9. The van der Waals surface area contributed by atoms with E-state index in [4.69, 9.17) is 14.2 Å². The van der Waals surface area contributed by atoms with Crippen molar-refractivity contribution in [1.29, 1.82) is 0 Å². The Hall–Kier alpha value is -1.43. The Kier molecular flexibility index (Phi) is 11.2. The molecule has 0 atom stereocenters. The quantitative estimate of drug-likeness (QED) is 0.296. The van der Waals surface area contributed by atoms with Crippen LogP contribution in [0, 0.1) is 7.14 Å². The zero-order chi connectivity index (χ0) is 20.0. The topological polar surface area (TPSA) is 27.7 Å². The normalized spacial score (nSPS) is 10.8. The van der Waals surface area contributed by atoms with Crippen molar-refractivity contribution in [3.8, 4) is 17.2 Å². The summed E-state index contributed by atoms with van der Waals surface area (Å²) in [5, 5.41) is 0. The van der Waals surface area contributed by atoms with E-state index in [9.17, 15) is 0 Å². The SMILES string of the molecule is CCCCOc1ccc([I-]c2ccc(OCCCC)cc2OCCCC)cc1. The molecule has 0 amide bonds. The van der Waals surface area contributed by atoms with Crippen molar-refractivity contribution in [2.45, 2.75) is 59.3 Å². The Labute approximate surface area is 181 Å². The van der Waals surface area contributed by atoms with Crippen LogP contribution in [0.1, 0.15) is 59.3 Å². The Morgan fingerprint density at radius 1 is 0.643 bits per heavy atom. The molecule has 3 nitrogen and oxygen atoms in total. The number of rotatable bonds is 14. The summed E-state index contributed by atoms with van der Waals surface area (Å²) in [5.74, 6) is 2.85. The number of hydrogen-bond donors (Lipinski definition) is 0. The molecule has 2 rings (SSSR count). The van der Waals surface area contributed by atoms with E-state index in [1.165, 1.54) is 7.14 Å². The first-order chi connectivity index (χ1) is 13.8. The van der Waals surface area contributed by atoms with Crippen LogP contribution in [0.4, 0.5) is 0 Å². The van der Waals surface area contributed by atoms with Crippen molar-refractivity contribution < 1.29 is 35.4 Å². The zero-order valence-corrected chi connectivity index (χ0v) is 19.7. The van der Waals surface area contributed by atoms with Gasteiger partial charge in [0, 0.05) is 0 Å². The first-order valence-corrected chi connectivity index (χ1v) is 12.7. The Balaban J connectivity index is 2.04. The van der Waals surface area contributed by atoms with Crippen LogP contribution >= 0.6 is 0 Å². The van der Waals surface area contributed by atoms with E-state index in [-0.39, 0.29) is 21.2 Å². The van der Waals surface area contributed by atoms with Crippen LogP contribution in [0.5, 0.6) is 17.2 Å². The van der Waals surface area contributed by atoms with Crippen molar-refractivity contribution in [2.24, 2.45) is 0 Å². The summed E-state index contributed by atoms with van der Waals surface area (Å²) in [5.41, 5.74) is 0. The molecule has 0 aromatic heterocycles. The maximum absolute atomic E-state index is 6.11. The van der Waals surface area contributed by atoms with E-state index < -0.39 is 0 Å². The van der Waals surface area contributed by atoms with Gasteiger partial charge in [-0.2, -0.15) is 0 Å². The standard InChI is InChI=1S/C24H34IO3/c1-4-7-16-26-21-12-10-20(11-13-21)25-23-15-14-22(27-17-8-5-2)19-24(23)28-18-9-6-3/h10-15,19H,4-9,16-18H2,1-3H3/q-1. The fourth-order valence-corrected chi connectivity index (χ4v) is 4.80. The third kappa shape index (κ3) is 8.29. The summed E-state index contributed by atoms with van der Waals surface area (Å²) in [7, 11) is 0. The van der Waals surface area contributed by atoms with E-state index >= 15 is 0 Å². The number of hydrogen-bond acceptors (Lipinski definition) is 3. The van der Waals surface area contributed by atoms with Crippen LogP contribution in [0.15, 0.2) is 42.5 Å². The Bertz CT molecular complexity index is 670. The summed E-state index contributed by atoms with van der Waals surface area (Å²) in [6.07, 6.45) is 6.68. The molecule has 2 aromatic rings. The van der Waals surface area contributed by atoms with Crippen molar-refractivity contribution in [1.82, 2.24) is 0 Å². The van der Waals surface area contributed by atoms with E-state index in [2.05, 4.69) is 63.2 Å². The summed E-state index contributed by atoms with van der Waals surface area (Å²) < 4.78 is 20.4. The summed E-state index contributed by atoms with van der Waals surface area (Å²) in [6.45, 7) is 8.85. The van der Waals surface area contributed by atoms with Crippen LogP contribution in [-0.4, -0.2) is 19.8 Å². The molecule has 0 radical (unpaired) electrons. The van der Waals surface area contributed by atoms with Crippen molar-refractivity contribution in [3.63, 3.8) is 0 Å². The predicted octanol–water partition coefficient (Wildman–Crippen LogP) is 3.35. The molecule has 0 aliphatic carbocycles. The summed E-state index contributed by atoms with van der Waals surface area (Å²) in [4.78, 5) is 0. The van der Waals surface area contributed by atoms with Gasteiger partial charge < -0.3 is 0 Å². The molecule has 0 aliphatic heterocycles. The number of halogens is 1. The molecule has 0 spiro atoms. The van der Waals surface area contributed by atoms with Crippen molar-refractivity contribution in [2.75, 3.05) is 19.8 Å². The molecule has 0 unspecified atom stereocenters. The van der Waals surface area contributed by atoms with Gasteiger partial charge in [0.2, 0.25) is 0 Å². The van der Waals surface area contributed by atoms with Crippen LogP contribution in [0.3, 0.4) is 0 Å². The second-order valence-electron chi connectivity index (χ2n) is 6.75. The molecule has 0 aliphatic rings. The van der Waals surface area contributed by atoms with Crippen LogP contribution in [0.25, 0.3) is 0 Å². The van der Waals surface area contributed by atoms with Crippen molar-refractivity contribution in [3.05, 3.63) is 49.6 Å². The second-order valence-corrected chi connectivity index (χ2v) is 9.69. The molecule has 0 saturated heterocycles. The molecule has 0 heterocycles. The molecule has 0 saturated carbocycles. The van der Waals surface area contributed by atoms with Gasteiger partial charge in [0.15, 0.2) is 0 Å². The van der Waals surface area contributed by atoms with E-state index in [0.29, 0.717) is 0 Å². The second kappa shape index (κ2) is 13.7. The number of unbranched alkanes of at least 4 members (excludes halogenated alkanes) is 3. The Morgan fingerprint density at radius 3 is 1.79 bits per heavy atom. The number of benzene rings is 2. The fraction of sp³-hybridized carbons (Fsp3) is 0.500. The molecule has 2 aromatic carbocycles. The van der Waals surface area contributed by atoms with Gasteiger partial charge in [0.05, 0.1) is 0 Å². The Morgan fingerprint density at radius 2 is 1.18 bits per heavy atom. The third-order valence-electron chi connectivity index (χ3n) is 4.22. The molecule has 4 heteroatoms. The molecular weight excluding hydrogens is 463 g/mol.